The molecule has 0 amide bonds. The molecule has 1 aliphatic rings. The number of methoxy groups -OCH3 is 1. The first-order chi connectivity index (χ1) is 9.81. The minimum atomic E-state index is -0.139. The van der Waals surface area contributed by atoms with Crippen LogP contribution in [-0.2, 0) is 4.74 Å². The summed E-state index contributed by atoms with van der Waals surface area (Å²) in [5.41, 5.74) is 0.536. The molecule has 7 heteroatoms. The van der Waals surface area contributed by atoms with E-state index in [1.807, 2.05) is 0 Å². The van der Waals surface area contributed by atoms with E-state index in [0.717, 1.165) is 0 Å². The second kappa shape index (κ2) is 5.38. The number of aromatic nitrogens is 2. The van der Waals surface area contributed by atoms with Gasteiger partial charge in [0.15, 0.2) is 11.5 Å². The van der Waals surface area contributed by atoms with Gasteiger partial charge in [-0.1, -0.05) is 0 Å². The van der Waals surface area contributed by atoms with Gasteiger partial charge in [-0.05, 0) is 0 Å². The lowest BCUT2D eigenvalue weighted by molar-refractivity contribution is 0.134. The van der Waals surface area contributed by atoms with E-state index >= 15 is 0 Å². The van der Waals surface area contributed by atoms with Crippen molar-refractivity contribution in [3.63, 3.8) is 0 Å². The first-order valence-corrected chi connectivity index (χ1v) is 6.19. The Bertz CT molecular complexity index is 632. The van der Waals surface area contributed by atoms with E-state index in [-0.39, 0.29) is 5.88 Å². The molecule has 1 N–H and O–H groups in total. The van der Waals surface area contributed by atoms with Crippen LogP contribution in [0.2, 0.25) is 0 Å². The molecule has 0 aliphatic carbocycles. The van der Waals surface area contributed by atoms with Crippen molar-refractivity contribution in [3.05, 3.63) is 12.4 Å². The molecule has 20 heavy (non-hydrogen) atoms. The number of nitrogens with zero attached hydrogens (tertiary/aromatic N) is 2. The van der Waals surface area contributed by atoms with Gasteiger partial charge >= 0.3 is 0 Å². The van der Waals surface area contributed by atoms with E-state index < -0.39 is 0 Å². The summed E-state index contributed by atoms with van der Waals surface area (Å²) in [6.45, 7) is 1.67. The zero-order valence-electron chi connectivity index (χ0n) is 11.0. The first-order valence-electron chi connectivity index (χ1n) is 6.19. The van der Waals surface area contributed by atoms with Crippen LogP contribution in [0.25, 0.3) is 10.9 Å². The molecule has 0 atom stereocenters. The van der Waals surface area contributed by atoms with E-state index in [2.05, 4.69) is 9.97 Å². The van der Waals surface area contributed by atoms with Gasteiger partial charge in [0.25, 0.3) is 0 Å². The van der Waals surface area contributed by atoms with Crippen LogP contribution in [-0.4, -0.2) is 48.6 Å². The number of fused-ring (bicyclic) bond motifs is 3. The van der Waals surface area contributed by atoms with Gasteiger partial charge in [0.1, 0.15) is 31.5 Å². The number of hydrogen-bond donors (Lipinski definition) is 1. The van der Waals surface area contributed by atoms with Crippen LogP contribution in [0, 0.1) is 0 Å². The van der Waals surface area contributed by atoms with Gasteiger partial charge in [0.05, 0.1) is 12.1 Å². The third-order valence-electron chi connectivity index (χ3n) is 2.90. The van der Waals surface area contributed by atoms with Crippen molar-refractivity contribution in [2.75, 3.05) is 33.5 Å². The van der Waals surface area contributed by atoms with Crippen LogP contribution >= 0.6 is 0 Å². The molecule has 0 saturated carbocycles. The number of aromatic hydroxyl groups is 1. The topological polar surface area (TPSA) is 82.9 Å². The van der Waals surface area contributed by atoms with Crippen molar-refractivity contribution in [2.45, 2.75) is 0 Å². The van der Waals surface area contributed by atoms with Crippen LogP contribution in [0.4, 0.5) is 0 Å². The maximum Gasteiger partial charge on any atom is 0.225 e. The van der Waals surface area contributed by atoms with Crippen LogP contribution in [0.5, 0.6) is 23.1 Å². The highest BCUT2D eigenvalue weighted by Crippen LogP contribution is 2.46. The number of hydrogen-bond acceptors (Lipinski definition) is 7. The molecule has 1 aliphatic heterocycles. The van der Waals surface area contributed by atoms with Crippen molar-refractivity contribution in [1.29, 1.82) is 0 Å². The highest BCUT2D eigenvalue weighted by atomic mass is 16.6. The molecule has 0 fully saturated rings. The molecule has 2 heterocycles. The lowest BCUT2D eigenvalue weighted by Crippen LogP contribution is -2.17. The fourth-order valence-corrected chi connectivity index (χ4v) is 2.04. The summed E-state index contributed by atoms with van der Waals surface area (Å²) in [5.74, 6) is 1.26. The Morgan fingerprint density at radius 1 is 1.20 bits per heavy atom. The molecule has 0 bridgehead atoms. The quantitative estimate of drug-likeness (QED) is 0.839. The maximum absolute atomic E-state index is 9.88. The molecule has 0 spiro atoms. The molecule has 2 aromatic rings. The second-order valence-corrected chi connectivity index (χ2v) is 4.16. The third-order valence-corrected chi connectivity index (χ3v) is 2.90. The SMILES string of the molecule is COCCOc1cc2ncnc(O)c2c2c1OCCO2. The Balaban J connectivity index is 2.11. The van der Waals surface area contributed by atoms with Gasteiger partial charge < -0.3 is 24.1 Å². The van der Waals surface area contributed by atoms with Gasteiger partial charge in [-0.3, -0.25) is 0 Å². The summed E-state index contributed by atoms with van der Waals surface area (Å²) in [4.78, 5) is 7.89. The molecule has 106 valence electrons. The van der Waals surface area contributed by atoms with Crippen molar-refractivity contribution in [2.24, 2.45) is 0 Å². The van der Waals surface area contributed by atoms with Gasteiger partial charge in [0, 0.05) is 13.2 Å². The summed E-state index contributed by atoms with van der Waals surface area (Å²) in [6, 6.07) is 1.69. The normalized spacial score (nSPS) is 13.4. The van der Waals surface area contributed by atoms with Crippen LogP contribution in [0.1, 0.15) is 0 Å². The predicted molar refractivity (Wildman–Crippen MR) is 69.6 cm³/mol. The van der Waals surface area contributed by atoms with Crippen molar-refractivity contribution >= 4 is 10.9 Å². The Hall–Kier alpha value is -2.28. The van der Waals surface area contributed by atoms with E-state index in [0.29, 0.717) is 54.6 Å². The average molecular weight is 278 g/mol. The molecular formula is C13H14N2O5. The Labute approximate surface area is 115 Å². The molecular weight excluding hydrogens is 264 g/mol. The number of rotatable bonds is 4. The van der Waals surface area contributed by atoms with Crippen molar-refractivity contribution in [3.8, 4) is 23.1 Å². The smallest absolute Gasteiger partial charge is 0.225 e. The highest BCUT2D eigenvalue weighted by Gasteiger charge is 2.24. The van der Waals surface area contributed by atoms with Crippen LogP contribution in [0.3, 0.4) is 0 Å². The van der Waals surface area contributed by atoms with E-state index in [9.17, 15) is 5.11 Å². The Kier molecular flexibility index (Phi) is 3.42. The zero-order valence-corrected chi connectivity index (χ0v) is 11.0. The van der Waals surface area contributed by atoms with E-state index in [1.165, 1.54) is 6.33 Å². The Morgan fingerprint density at radius 3 is 2.80 bits per heavy atom. The Morgan fingerprint density at radius 2 is 2.00 bits per heavy atom. The van der Waals surface area contributed by atoms with Gasteiger partial charge in [-0.15, -0.1) is 0 Å². The standard InChI is InChI=1S/C13H14N2O5/c1-17-2-3-18-9-6-8-10(13(16)15-7-14-8)12-11(9)19-4-5-20-12/h6-7H,2-5H2,1H3,(H,14,15,16). The highest BCUT2D eigenvalue weighted by molar-refractivity contribution is 5.94. The molecule has 0 saturated heterocycles. The monoisotopic (exact) mass is 278 g/mol. The van der Waals surface area contributed by atoms with E-state index in [4.69, 9.17) is 18.9 Å². The molecule has 1 aromatic carbocycles. The van der Waals surface area contributed by atoms with Crippen molar-refractivity contribution < 1.29 is 24.1 Å². The fourth-order valence-electron chi connectivity index (χ4n) is 2.04. The average Bonchev–Trinajstić information content (AvgIpc) is 2.47. The first kappa shape index (κ1) is 12.7. The summed E-state index contributed by atoms with van der Waals surface area (Å²) in [5, 5.41) is 10.3. The van der Waals surface area contributed by atoms with Crippen LogP contribution < -0.4 is 14.2 Å². The summed E-state index contributed by atoms with van der Waals surface area (Å²) in [6.07, 6.45) is 1.28. The summed E-state index contributed by atoms with van der Waals surface area (Å²) in [7, 11) is 1.60. The fraction of sp³-hybridized carbons (Fsp3) is 0.385. The molecule has 7 nitrogen and oxygen atoms in total. The predicted octanol–water partition coefficient (Wildman–Crippen LogP) is 1.13. The maximum atomic E-state index is 9.88. The minimum Gasteiger partial charge on any atom is -0.493 e. The minimum absolute atomic E-state index is 0.139. The van der Waals surface area contributed by atoms with Gasteiger partial charge in [0.2, 0.25) is 11.6 Å². The third kappa shape index (κ3) is 2.16. The van der Waals surface area contributed by atoms with E-state index in [1.54, 1.807) is 13.2 Å². The van der Waals surface area contributed by atoms with Crippen LogP contribution in [0.15, 0.2) is 12.4 Å². The lowest BCUT2D eigenvalue weighted by Gasteiger charge is -2.22. The molecule has 0 radical (unpaired) electrons. The van der Waals surface area contributed by atoms with Crippen molar-refractivity contribution in [1.82, 2.24) is 9.97 Å². The molecule has 3 rings (SSSR count). The number of ether oxygens (including phenoxy) is 4. The molecule has 1 aromatic heterocycles. The lowest BCUT2D eigenvalue weighted by atomic mass is 10.2. The largest absolute Gasteiger partial charge is 0.493 e. The molecule has 0 unspecified atom stereocenters. The van der Waals surface area contributed by atoms with Gasteiger partial charge in [-0.25, -0.2) is 9.97 Å². The second-order valence-electron chi connectivity index (χ2n) is 4.16. The zero-order chi connectivity index (χ0) is 13.9. The number of benzene rings is 1. The summed E-state index contributed by atoms with van der Waals surface area (Å²) >= 11 is 0. The van der Waals surface area contributed by atoms with Gasteiger partial charge in [-0.2, -0.15) is 0 Å². The summed E-state index contributed by atoms with van der Waals surface area (Å²) < 4.78 is 21.8.